The molecule has 38 heavy (non-hydrogen) atoms. The minimum absolute atomic E-state index is 0.0533. The Kier molecular flexibility index (Phi) is 6.03. The zero-order valence-electron chi connectivity index (χ0n) is 21.6. The highest BCUT2D eigenvalue weighted by Crippen LogP contribution is 2.43. The number of nitrogens with zero attached hydrogens (tertiary/aromatic N) is 3. The lowest BCUT2D eigenvalue weighted by atomic mass is 9.92. The Balaban J connectivity index is 1.39. The average molecular weight is 507 g/mol. The lowest BCUT2D eigenvalue weighted by molar-refractivity contribution is 0.108. The monoisotopic (exact) mass is 506 g/mol. The molecule has 1 atom stereocenters. The number of fused-ring (bicyclic) bond motifs is 1. The Morgan fingerprint density at radius 3 is 2.53 bits per heavy atom. The van der Waals surface area contributed by atoms with E-state index in [9.17, 15) is 14.9 Å². The van der Waals surface area contributed by atoms with Crippen LogP contribution in [-0.2, 0) is 4.74 Å². The topological polar surface area (TPSA) is 89.0 Å². The van der Waals surface area contributed by atoms with Crippen LogP contribution in [0.3, 0.4) is 0 Å². The number of hydrogen-bond acceptors (Lipinski definition) is 4. The normalized spacial score (nSPS) is 16.0. The standard InChI is InChI=1S/C31H30N4O3/c1-19-5-4-16-34(30(19)36)25-14-15-26-27(18-32)29(35(28(26)17-25)24-6-3-7-24)22-10-12-23(13-11-22)33-31(37)38-20(2)21-8-9-21/h4-5,10-17,20-21,24H,3,6-9H2,1-2H3,(H,33,37)/t20-/m1/s1. The van der Waals surface area contributed by atoms with Crippen molar-refractivity contribution in [3.8, 4) is 23.0 Å². The molecule has 192 valence electrons. The Labute approximate surface area is 221 Å². The fourth-order valence-electron chi connectivity index (χ4n) is 5.37. The molecule has 2 aromatic heterocycles. The summed E-state index contributed by atoms with van der Waals surface area (Å²) in [5, 5.41) is 13.9. The van der Waals surface area contributed by atoms with E-state index in [-0.39, 0.29) is 17.7 Å². The molecule has 2 fully saturated rings. The maximum atomic E-state index is 12.8. The Hall–Kier alpha value is -4.31. The van der Waals surface area contributed by atoms with Crippen LogP contribution in [0.25, 0.3) is 27.8 Å². The second kappa shape index (κ2) is 9.53. The van der Waals surface area contributed by atoms with Crippen LogP contribution in [0.15, 0.2) is 65.6 Å². The number of aromatic nitrogens is 2. The molecule has 1 amide bonds. The molecule has 2 aliphatic carbocycles. The number of hydrogen-bond donors (Lipinski definition) is 1. The molecule has 0 unspecified atom stereocenters. The van der Waals surface area contributed by atoms with Gasteiger partial charge in [-0.05, 0) is 93.8 Å². The van der Waals surface area contributed by atoms with Crippen LogP contribution in [0.5, 0.6) is 0 Å². The maximum absolute atomic E-state index is 12.8. The number of amides is 1. The van der Waals surface area contributed by atoms with Crippen molar-refractivity contribution < 1.29 is 9.53 Å². The number of ether oxygens (including phenoxy) is 1. The van der Waals surface area contributed by atoms with Crippen molar-refractivity contribution in [1.82, 2.24) is 9.13 Å². The smallest absolute Gasteiger partial charge is 0.411 e. The van der Waals surface area contributed by atoms with E-state index < -0.39 is 6.09 Å². The van der Waals surface area contributed by atoms with Gasteiger partial charge < -0.3 is 9.30 Å². The van der Waals surface area contributed by atoms with E-state index in [1.54, 1.807) is 10.8 Å². The number of carbonyl (C=O) groups excluding carboxylic acids is 1. The van der Waals surface area contributed by atoms with Gasteiger partial charge in [0.15, 0.2) is 0 Å². The lowest BCUT2D eigenvalue weighted by Crippen LogP contribution is -2.21. The Morgan fingerprint density at radius 2 is 1.87 bits per heavy atom. The van der Waals surface area contributed by atoms with Gasteiger partial charge in [0.05, 0.1) is 22.5 Å². The van der Waals surface area contributed by atoms with E-state index in [4.69, 9.17) is 4.74 Å². The van der Waals surface area contributed by atoms with E-state index >= 15 is 0 Å². The first-order valence-corrected chi connectivity index (χ1v) is 13.3. The van der Waals surface area contributed by atoms with Crippen LogP contribution in [0.2, 0.25) is 0 Å². The van der Waals surface area contributed by atoms with Gasteiger partial charge in [0, 0.05) is 28.9 Å². The molecule has 6 rings (SSSR count). The highest BCUT2D eigenvalue weighted by molar-refractivity contribution is 5.96. The number of pyridine rings is 1. The summed E-state index contributed by atoms with van der Waals surface area (Å²) in [6.45, 7) is 3.75. The molecule has 4 aromatic rings. The number of nitrogens with one attached hydrogen (secondary N) is 1. The molecule has 0 spiro atoms. The van der Waals surface area contributed by atoms with Crippen LogP contribution >= 0.6 is 0 Å². The second-order valence-electron chi connectivity index (χ2n) is 10.5. The van der Waals surface area contributed by atoms with Gasteiger partial charge in [-0.15, -0.1) is 0 Å². The molecule has 0 aliphatic heterocycles. The maximum Gasteiger partial charge on any atom is 0.411 e. The molecule has 2 aliphatic rings. The van der Waals surface area contributed by atoms with Gasteiger partial charge in [0.2, 0.25) is 0 Å². The summed E-state index contributed by atoms with van der Waals surface area (Å²) in [6.07, 6.45) is 6.71. The van der Waals surface area contributed by atoms with Crippen LogP contribution < -0.4 is 10.9 Å². The van der Waals surface area contributed by atoms with E-state index in [0.717, 1.165) is 60.0 Å². The van der Waals surface area contributed by atoms with Crippen molar-refractivity contribution in [2.75, 3.05) is 5.32 Å². The Bertz CT molecular complexity index is 1630. The van der Waals surface area contributed by atoms with E-state index in [1.807, 2.05) is 68.4 Å². The van der Waals surface area contributed by atoms with Gasteiger partial charge in [-0.3, -0.25) is 14.7 Å². The van der Waals surface area contributed by atoms with Gasteiger partial charge in [-0.1, -0.05) is 18.2 Å². The summed E-state index contributed by atoms with van der Waals surface area (Å²) in [5.41, 5.74) is 5.40. The molecular formula is C31H30N4O3. The predicted molar refractivity (Wildman–Crippen MR) is 148 cm³/mol. The molecule has 1 N–H and O–H groups in total. The van der Waals surface area contributed by atoms with Crippen LogP contribution in [0.1, 0.15) is 56.2 Å². The zero-order chi connectivity index (χ0) is 26.4. The Morgan fingerprint density at radius 1 is 1.11 bits per heavy atom. The van der Waals surface area contributed by atoms with Gasteiger partial charge in [0.25, 0.3) is 5.56 Å². The summed E-state index contributed by atoms with van der Waals surface area (Å²) < 4.78 is 9.41. The highest BCUT2D eigenvalue weighted by atomic mass is 16.6. The summed E-state index contributed by atoms with van der Waals surface area (Å²) in [4.78, 5) is 25.1. The fraction of sp³-hybridized carbons (Fsp3) is 0.323. The van der Waals surface area contributed by atoms with Gasteiger partial charge in [-0.2, -0.15) is 5.26 Å². The van der Waals surface area contributed by atoms with Gasteiger partial charge >= 0.3 is 6.09 Å². The van der Waals surface area contributed by atoms with Crippen LogP contribution in [0.4, 0.5) is 10.5 Å². The number of rotatable bonds is 6. The number of benzene rings is 2. The molecule has 7 heteroatoms. The number of anilines is 1. The number of carbonyl (C=O) groups is 1. The lowest BCUT2D eigenvalue weighted by Gasteiger charge is -2.30. The predicted octanol–water partition coefficient (Wildman–Crippen LogP) is 6.71. The van der Waals surface area contributed by atoms with Crippen molar-refractivity contribution in [3.05, 3.63) is 82.3 Å². The van der Waals surface area contributed by atoms with Crippen molar-refractivity contribution >= 4 is 22.7 Å². The quantitative estimate of drug-likeness (QED) is 0.315. The van der Waals surface area contributed by atoms with E-state index in [2.05, 4.69) is 16.0 Å². The average Bonchev–Trinajstić information content (AvgIpc) is 3.69. The molecule has 0 radical (unpaired) electrons. The molecule has 2 heterocycles. The van der Waals surface area contributed by atoms with Crippen molar-refractivity contribution in [2.45, 2.75) is 58.1 Å². The van der Waals surface area contributed by atoms with Gasteiger partial charge in [-0.25, -0.2) is 4.79 Å². The molecule has 7 nitrogen and oxygen atoms in total. The van der Waals surface area contributed by atoms with Crippen LogP contribution in [0, 0.1) is 24.2 Å². The largest absolute Gasteiger partial charge is 0.446 e. The minimum atomic E-state index is -0.447. The van der Waals surface area contributed by atoms with Crippen molar-refractivity contribution in [3.63, 3.8) is 0 Å². The first kappa shape index (κ1) is 24.1. The number of nitriles is 1. The summed E-state index contributed by atoms with van der Waals surface area (Å²) >= 11 is 0. The first-order chi connectivity index (χ1) is 18.4. The number of aryl methyl sites for hydroxylation is 1. The fourth-order valence-corrected chi connectivity index (χ4v) is 5.37. The second-order valence-corrected chi connectivity index (χ2v) is 10.5. The van der Waals surface area contributed by atoms with E-state index in [0.29, 0.717) is 22.7 Å². The first-order valence-electron chi connectivity index (χ1n) is 13.3. The summed E-state index contributed by atoms with van der Waals surface area (Å²) in [7, 11) is 0. The molecule has 0 saturated heterocycles. The molecule has 2 saturated carbocycles. The van der Waals surface area contributed by atoms with Crippen LogP contribution in [-0.4, -0.2) is 21.3 Å². The highest BCUT2D eigenvalue weighted by Gasteiger charge is 2.31. The summed E-state index contributed by atoms with van der Waals surface area (Å²) in [6, 6.07) is 19.9. The zero-order valence-corrected chi connectivity index (χ0v) is 21.6. The third-order valence-electron chi connectivity index (χ3n) is 7.94. The SMILES string of the molecule is Cc1cccn(-c2ccc3c(C#N)c(-c4ccc(NC(=O)O[C@H](C)C5CC5)cc4)n(C4CCC4)c3c2)c1=O. The molecule has 0 bridgehead atoms. The van der Waals surface area contributed by atoms with Crippen molar-refractivity contribution in [1.29, 1.82) is 5.26 Å². The summed E-state index contributed by atoms with van der Waals surface area (Å²) in [5.74, 6) is 0.478. The molecule has 2 aromatic carbocycles. The van der Waals surface area contributed by atoms with E-state index in [1.165, 1.54) is 0 Å². The molecular weight excluding hydrogens is 476 g/mol. The third-order valence-corrected chi connectivity index (χ3v) is 7.94. The minimum Gasteiger partial charge on any atom is -0.446 e. The third kappa shape index (κ3) is 4.26. The van der Waals surface area contributed by atoms with Crippen molar-refractivity contribution in [2.24, 2.45) is 5.92 Å². The van der Waals surface area contributed by atoms with Gasteiger partial charge in [0.1, 0.15) is 12.2 Å².